The molecule has 0 radical (unpaired) electrons. The number of aliphatic hydroxyl groups excluding tert-OH is 1. The second kappa shape index (κ2) is 8.35. The van der Waals surface area contributed by atoms with Gasteiger partial charge >= 0.3 is 0 Å². The maximum absolute atomic E-state index is 12.2. The van der Waals surface area contributed by atoms with Crippen LogP contribution in [0.5, 0.6) is 0 Å². The number of hydrogen-bond donors (Lipinski definition) is 2. The van der Waals surface area contributed by atoms with E-state index in [1.165, 1.54) is 5.56 Å². The normalized spacial score (nSPS) is 11.9. The summed E-state index contributed by atoms with van der Waals surface area (Å²) < 4.78 is 0. The molecule has 3 nitrogen and oxygen atoms in total. The molecule has 0 spiro atoms. The molecule has 0 fully saturated rings. The van der Waals surface area contributed by atoms with Crippen LogP contribution in [0.15, 0.2) is 54.6 Å². The van der Waals surface area contributed by atoms with E-state index >= 15 is 0 Å². The second-order valence-electron chi connectivity index (χ2n) is 5.63. The standard InChI is InChI=1S/C19H23NO2/c1-15(7-5-10-16-8-3-2-4-9-16)19(22)20-18-12-6-11-17(13-18)14-21/h2-4,6,8-9,11-13,15,21H,5,7,10,14H2,1H3,(H,20,22). The summed E-state index contributed by atoms with van der Waals surface area (Å²) in [4.78, 5) is 12.2. The van der Waals surface area contributed by atoms with E-state index < -0.39 is 0 Å². The summed E-state index contributed by atoms with van der Waals surface area (Å²) in [7, 11) is 0. The number of rotatable bonds is 7. The molecule has 0 aliphatic carbocycles. The highest BCUT2D eigenvalue weighted by Crippen LogP contribution is 2.15. The van der Waals surface area contributed by atoms with Crippen molar-refractivity contribution in [3.8, 4) is 0 Å². The topological polar surface area (TPSA) is 49.3 Å². The van der Waals surface area contributed by atoms with Crippen LogP contribution >= 0.6 is 0 Å². The molecular formula is C19H23NO2. The van der Waals surface area contributed by atoms with Crippen LogP contribution in [0.1, 0.15) is 30.9 Å². The Morgan fingerprint density at radius 1 is 1.09 bits per heavy atom. The average molecular weight is 297 g/mol. The van der Waals surface area contributed by atoms with Gasteiger partial charge in [0, 0.05) is 11.6 Å². The minimum absolute atomic E-state index is 0.0175. The highest BCUT2D eigenvalue weighted by molar-refractivity contribution is 5.92. The van der Waals surface area contributed by atoms with Crippen LogP contribution in [-0.4, -0.2) is 11.0 Å². The predicted octanol–water partition coefficient (Wildman–Crippen LogP) is 3.78. The molecule has 2 aromatic rings. The van der Waals surface area contributed by atoms with Crippen LogP contribution in [0, 0.1) is 5.92 Å². The lowest BCUT2D eigenvalue weighted by Crippen LogP contribution is -2.20. The van der Waals surface area contributed by atoms with Gasteiger partial charge in [0.25, 0.3) is 0 Å². The first-order valence-corrected chi connectivity index (χ1v) is 7.73. The Bertz CT molecular complexity index is 595. The van der Waals surface area contributed by atoms with Crippen molar-refractivity contribution in [1.29, 1.82) is 0 Å². The van der Waals surface area contributed by atoms with Crippen molar-refractivity contribution in [2.75, 3.05) is 5.32 Å². The number of hydrogen-bond acceptors (Lipinski definition) is 2. The van der Waals surface area contributed by atoms with E-state index in [9.17, 15) is 4.79 Å². The zero-order chi connectivity index (χ0) is 15.8. The molecule has 1 atom stereocenters. The summed E-state index contributed by atoms with van der Waals surface area (Å²) in [5.74, 6) is 0.00430. The minimum atomic E-state index is -0.0264. The molecule has 3 heteroatoms. The van der Waals surface area contributed by atoms with Gasteiger partial charge in [-0.25, -0.2) is 0 Å². The maximum atomic E-state index is 12.2. The first-order chi connectivity index (χ1) is 10.7. The van der Waals surface area contributed by atoms with Gasteiger partial charge < -0.3 is 10.4 Å². The molecule has 0 saturated carbocycles. The molecule has 2 N–H and O–H groups in total. The second-order valence-corrected chi connectivity index (χ2v) is 5.63. The third kappa shape index (κ3) is 5.01. The maximum Gasteiger partial charge on any atom is 0.227 e. The lowest BCUT2D eigenvalue weighted by atomic mass is 10.0. The molecule has 2 aromatic carbocycles. The van der Waals surface area contributed by atoms with Crippen molar-refractivity contribution >= 4 is 11.6 Å². The third-order valence-corrected chi connectivity index (χ3v) is 3.77. The Balaban J connectivity index is 1.79. The fourth-order valence-corrected chi connectivity index (χ4v) is 2.40. The first-order valence-electron chi connectivity index (χ1n) is 7.73. The van der Waals surface area contributed by atoms with E-state index in [1.807, 2.05) is 43.3 Å². The molecule has 1 unspecified atom stereocenters. The Morgan fingerprint density at radius 2 is 1.82 bits per heavy atom. The van der Waals surface area contributed by atoms with Gasteiger partial charge in [-0.3, -0.25) is 4.79 Å². The van der Waals surface area contributed by atoms with Crippen LogP contribution in [0.4, 0.5) is 5.69 Å². The smallest absolute Gasteiger partial charge is 0.227 e. The summed E-state index contributed by atoms with van der Waals surface area (Å²) in [6, 6.07) is 17.6. The van der Waals surface area contributed by atoms with E-state index in [0.717, 1.165) is 30.5 Å². The fourth-order valence-electron chi connectivity index (χ4n) is 2.40. The molecule has 116 valence electrons. The highest BCUT2D eigenvalue weighted by Gasteiger charge is 2.12. The van der Waals surface area contributed by atoms with Gasteiger partial charge in [0.2, 0.25) is 5.91 Å². The Hall–Kier alpha value is -2.13. The van der Waals surface area contributed by atoms with Crippen LogP contribution in [-0.2, 0) is 17.8 Å². The molecule has 2 rings (SSSR count). The van der Waals surface area contributed by atoms with E-state index in [4.69, 9.17) is 5.11 Å². The van der Waals surface area contributed by atoms with Crippen molar-refractivity contribution in [2.45, 2.75) is 32.8 Å². The van der Waals surface area contributed by atoms with E-state index in [-0.39, 0.29) is 18.4 Å². The molecule has 0 aliphatic heterocycles. The molecule has 0 aliphatic rings. The Morgan fingerprint density at radius 3 is 2.55 bits per heavy atom. The summed E-state index contributed by atoms with van der Waals surface area (Å²) >= 11 is 0. The van der Waals surface area contributed by atoms with Gasteiger partial charge in [0.05, 0.1) is 6.61 Å². The van der Waals surface area contributed by atoms with Crippen molar-refractivity contribution in [1.82, 2.24) is 0 Å². The Labute approximate surface area is 132 Å². The fraction of sp³-hybridized carbons (Fsp3) is 0.316. The highest BCUT2D eigenvalue weighted by atomic mass is 16.3. The molecule has 0 heterocycles. The molecule has 1 amide bonds. The van der Waals surface area contributed by atoms with E-state index in [2.05, 4.69) is 17.4 Å². The minimum Gasteiger partial charge on any atom is -0.392 e. The predicted molar refractivity (Wildman–Crippen MR) is 89.5 cm³/mol. The number of carbonyl (C=O) groups is 1. The number of amides is 1. The quantitative estimate of drug-likeness (QED) is 0.817. The van der Waals surface area contributed by atoms with Gasteiger partial charge in [-0.1, -0.05) is 49.4 Å². The van der Waals surface area contributed by atoms with Gasteiger partial charge in [-0.15, -0.1) is 0 Å². The Kier molecular flexibility index (Phi) is 6.16. The number of nitrogens with one attached hydrogen (secondary N) is 1. The summed E-state index contributed by atoms with van der Waals surface area (Å²) in [5, 5.41) is 12.0. The molecule has 0 aromatic heterocycles. The van der Waals surface area contributed by atoms with Gasteiger partial charge in [0.1, 0.15) is 0 Å². The number of aliphatic hydroxyl groups is 1. The van der Waals surface area contributed by atoms with Crippen LogP contribution in [0.2, 0.25) is 0 Å². The molecule has 0 bridgehead atoms. The monoisotopic (exact) mass is 297 g/mol. The molecule has 22 heavy (non-hydrogen) atoms. The summed E-state index contributed by atoms with van der Waals surface area (Å²) in [5.41, 5.74) is 2.85. The third-order valence-electron chi connectivity index (χ3n) is 3.77. The number of anilines is 1. The number of benzene rings is 2. The van der Waals surface area contributed by atoms with Crippen LogP contribution < -0.4 is 5.32 Å². The molecular weight excluding hydrogens is 274 g/mol. The number of carbonyl (C=O) groups excluding carboxylic acids is 1. The van der Waals surface area contributed by atoms with Crippen molar-refractivity contribution in [3.63, 3.8) is 0 Å². The summed E-state index contributed by atoms with van der Waals surface area (Å²) in [6.07, 6.45) is 2.86. The zero-order valence-electron chi connectivity index (χ0n) is 13.0. The summed E-state index contributed by atoms with van der Waals surface area (Å²) in [6.45, 7) is 1.94. The van der Waals surface area contributed by atoms with Crippen LogP contribution in [0.3, 0.4) is 0 Å². The number of aryl methyl sites for hydroxylation is 1. The van der Waals surface area contributed by atoms with Crippen molar-refractivity contribution < 1.29 is 9.90 Å². The van der Waals surface area contributed by atoms with E-state index in [1.54, 1.807) is 6.07 Å². The largest absolute Gasteiger partial charge is 0.392 e. The van der Waals surface area contributed by atoms with Gasteiger partial charge in [0.15, 0.2) is 0 Å². The lowest BCUT2D eigenvalue weighted by molar-refractivity contribution is -0.119. The SMILES string of the molecule is CC(CCCc1ccccc1)C(=O)Nc1cccc(CO)c1. The first kappa shape index (κ1) is 16.2. The average Bonchev–Trinajstić information content (AvgIpc) is 2.56. The van der Waals surface area contributed by atoms with Gasteiger partial charge in [-0.05, 0) is 42.5 Å². The van der Waals surface area contributed by atoms with Gasteiger partial charge in [-0.2, -0.15) is 0 Å². The van der Waals surface area contributed by atoms with Crippen LogP contribution in [0.25, 0.3) is 0 Å². The molecule has 0 saturated heterocycles. The lowest BCUT2D eigenvalue weighted by Gasteiger charge is -2.12. The van der Waals surface area contributed by atoms with Crippen molar-refractivity contribution in [2.24, 2.45) is 5.92 Å². The van der Waals surface area contributed by atoms with Crippen molar-refractivity contribution in [3.05, 3.63) is 65.7 Å². The van der Waals surface area contributed by atoms with E-state index in [0.29, 0.717) is 0 Å². The zero-order valence-corrected chi connectivity index (χ0v) is 13.0.